The number of rotatable bonds is 11. The number of ether oxygens (including phenoxy) is 1. The minimum Gasteiger partial charge on any atom is -0.509 e. The van der Waals surface area contributed by atoms with E-state index < -0.39 is 6.85 Å². The van der Waals surface area contributed by atoms with Crippen molar-refractivity contribution in [2.75, 3.05) is 0 Å². The zero-order chi connectivity index (χ0) is 60.6. The standard InChI is InChI=1S/C81H62N4O.Pt/c1-54-46-76(82-52-70(54)68-37-22-38-71-78(68)81(4,5)45-44-80(71,2)3)85-74-41-23-34-65(57-28-14-8-15-29-57)77(74)69-43-42-64(51-75(69)85)86-63-33-20-32-62(50-63)83-53-84(73-40-19-18-39-72(73)83)79-66(58-30-16-9-17-31-58)35-21-36-67(79)61-48-59(55-24-10-6-11-25-55)47-60(49-61)56-26-12-7-13-27-56;/h6-43,46-49,52H,44-45H2,1-5H3;/q;+2/i1D3;. The number of aryl methyl sites for hydroxylation is 1. The predicted octanol–water partition coefficient (Wildman–Crippen LogP) is 21.1. The molecule has 0 radical (unpaired) electrons. The maximum Gasteiger partial charge on any atom is 2.00 e. The molecule has 0 spiro atoms. The van der Waals surface area contributed by atoms with Crippen molar-refractivity contribution in [3.05, 3.63) is 290 Å². The van der Waals surface area contributed by atoms with Crippen molar-refractivity contribution in [2.24, 2.45) is 0 Å². The van der Waals surface area contributed by atoms with E-state index in [1.165, 1.54) is 11.1 Å². The molecule has 420 valence electrons. The summed E-state index contributed by atoms with van der Waals surface area (Å²) in [7, 11) is 0. The predicted molar refractivity (Wildman–Crippen MR) is 356 cm³/mol. The molecule has 2 aromatic heterocycles. The molecule has 87 heavy (non-hydrogen) atoms. The molecule has 11 aromatic carbocycles. The van der Waals surface area contributed by atoms with Crippen LogP contribution in [0.25, 0.3) is 94.4 Å². The first kappa shape index (κ1) is 51.6. The van der Waals surface area contributed by atoms with Crippen molar-refractivity contribution in [3.63, 3.8) is 0 Å². The molecule has 0 N–H and O–H groups in total. The number of pyridine rings is 1. The van der Waals surface area contributed by atoms with E-state index in [1.54, 1.807) is 12.3 Å². The third-order valence-corrected chi connectivity index (χ3v) is 17.6. The Bertz CT molecular complexity index is 4950. The quantitative estimate of drug-likeness (QED) is 0.0955. The minimum absolute atomic E-state index is 0. The molecule has 0 fully saturated rings. The van der Waals surface area contributed by atoms with Gasteiger partial charge in [-0.2, -0.15) is 12.1 Å². The van der Waals surface area contributed by atoms with Crippen LogP contribution in [0, 0.1) is 19.0 Å². The van der Waals surface area contributed by atoms with Crippen molar-refractivity contribution in [3.8, 4) is 84.1 Å². The maximum atomic E-state index is 9.12. The van der Waals surface area contributed by atoms with Gasteiger partial charge in [0.25, 0.3) is 11.4 Å². The molecule has 0 atom stereocenters. The summed E-state index contributed by atoms with van der Waals surface area (Å²) in [5.74, 6) is 1.40. The zero-order valence-electron chi connectivity index (χ0n) is 51.8. The molecular formula is C81H62N4OPt+2. The Labute approximate surface area is 528 Å². The van der Waals surface area contributed by atoms with Crippen molar-refractivity contribution >= 4 is 50.6 Å². The fraction of sp³-hybridized carbons (Fsp3) is 0.111. The second-order valence-electron chi connectivity index (χ2n) is 23.9. The molecule has 0 saturated carbocycles. The summed E-state index contributed by atoms with van der Waals surface area (Å²) < 4.78 is 40.5. The third-order valence-electron chi connectivity index (χ3n) is 17.6. The average Bonchev–Trinajstić information content (AvgIpc) is 1.21. The number of hydrogen-bond acceptors (Lipinski definition) is 2. The van der Waals surface area contributed by atoms with Gasteiger partial charge in [0.2, 0.25) is 5.69 Å². The normalized spacial score (nSPS) is 14.4. The smallest absolute Gasteiger partial charge is 0.509 e. The van der Waals surface area contributed by atoms with Crippen LogP contribution in [0.3, 0.4) is 0 Å². The van der Waals surface area contributed by atoms with Gasteiger partial charge in [0.05, 0.1) is 11.1 Å². The summed E-state index contributed by atoms with van der Waals surface area (Å²) in [4.78, 5) is 5.23. The van der Waals surface area contributed by atoms with E-state index in [2.05, 4.69) is 261 Å². The first-order chi connectivity index (χ1) is 43.3. The summed E-state index contributed by atoms with van der Waals surface area (Å²) in [6.45, 7) is 6.67. The van der Waals surface area contributed by atoms with E-state index in [9.17, 15) is 0 Å². The van der Waals surface area contributed by atoms with E-state index in [1.807, 2.05) is 47.0 Å². The van der Waals surface area contributed by atoms with Gasteiger partial charge in [-0.15, -0.1) is 23.6 Å². The summed E-state index contributed by atoms with van der Waals surface area (Å²) in [5.41, 5.74) is 20.0. The van der Waals surface area contributed by atoms with Crippen LogP contribution in [0.15, 0.2) is 261 Å². The van der Waals surface area contributed by atoms with Crippen LogP contribution in [0.4, 0.5) is 22.7 Å². The molecule has 5 nitrogen and oxygen atoms in total. The molecular weight excluding hydrogens is 1240 g/mol. The van der Waals surface area contributed by atoms with Crippen LogP contribution in [0.5, 0.6) is 11.5 Å². The van der Waals surface area contributed by atoms with E-state index in [4.69, 9.17) is 13.8 Å². The molecule has 0 amide bonds. The molecule has 15 rings (SSSR count). The minimum atomic E-state index is -2.47. The Morgan fingerprint density at radius 1 is 0.483 bits per heavy atom. The maximum absolute atomic E-state index is 9.12. The molecule has 0 bridgehead atoms. The van der Waals surface area contributed by atoms with Crippen molar-refractivity contribution in [2.45, 2.75) is 58.2 Å². The molecule has 1 aliphatic carbocycles. The third kappa shape index (κ3) is 9.88. The number of aromatic nitrogens is 2. The van der Waals surface area contributed by atoms with Crippen molar-refractivity contribution in [1.82, 2.24) is 18.7 Å². The van der Waals surface area contributed by atoms with Crippen molar-refractivity contribution in [1.29, 1.82) is 0 Å². The van der Waals surface area contributed by atoms with E-state index in [0.29, 0.717) is 28.4 Å². The van der Waals surface area contributed by atoms with Gasteiger partial charge in [-0.1, -0.05) is 220 Å². The Morgan fingerprint density at radius 2 is 1.02 bits per heavy atom. The summed E-state index contributed by atoms with van der Waals surface area (Å²) >= 11 is 0. The Kier molecular flexibility index (Phi) is 13.2. The van der Waals surface area contributed by atoms with Crippen LogP contribution in [0.1, 0.15) is 61.3 Å². The first-order valence-electron chi connectivity index (χ1n) is 31.1. The topological polar surface area (TPSA) is 33.1 Å². The Morgan fingerprint density at radius 3 is 1.70 bits per heavy atom. The molecule has 6 heteroatoms. The molecule has 13 aromatic rings. The van der Waals surface area contributed by atoms with Crippen LogP contribution >= 0.6 is 0 Å². The van der Waals surface area contributed by atoms with Crippen LogP contribution in [-0.4, -0.2) is 15.6 Å². The number of nitrogens with zero attached hydrogens (tertiary/aromatic N) is 4. The molecule has 2 aliphatic rings. The average molecular weight is 1310 g/mol. The molecule has 0 unspecified atom stereocenters. The monoisotopic (exact) mass is 1300 g/mol. The van der Waals surface area contributed by atoms with Gasteiger partial charge in [-0.25, -0.2) is 4.98 Å². The van der Waals surface area contributed by atoms with Gasteiger partial charge in [0.15, 0.2) is 0 Å². The second-order valence-corrected chi connectivity index (χ2v) is 23.9. The van der Waals surface area contributed by atoms with Gasteiger partial charge in [0.1, 0.15) is 11.5 Å². The summed E-state index contributed by atoms with van der Waals surface area (Å²) in [6, 6.07) is 99.5. The summed E-state index contributed by atoms with van der Waals surface area (Å²) in [5, 5.41) is 1.91. The zero-order valence-corrected chi connectivity index (χ0v) is 51.0. The fourth-order valence-electron chi connectivity index (χ4n) is 13.3. The second kappa shape index (κ2) is 22.3. The number of hydrogen-bond donors (Lipinski definition) is 0. The summed E-state index contributed by atoms with van der Waals surface area (Å²) in [6.07, 6.45) is 3.81. The van der Waals surface area contributed by atoms with Crippen LogP contribution < -0.4 is 13.9 Å². The fourth-order valence-corrected chi connectivity index (χ4v) is 13.3. The van der Waals surface area contributed by atoms with E-state index in [0.717, 1.165) is 113 Å². The number of fused-ring (bicyclic) bond motifs is 5. The molecule has 3 heterocycles. The number of para-hydroxylation sites is 3. The van der Waals surface area contributed by atoms with Gasteiger partial charge in [0, 0.05) is 45.0 Å². The number of benzene rings is 11. The SMILES string of the molecule is [2H]C([2H])([2H])c1cc(-n2c3[c-]c(Oc4[c-]c([N+]5=C=[N+](c6c(-c7ccccc7)cccc6-c6cc(-c7ccccc7)cc(-c7ccccc7)c6)c6ccccc65)ccc4)ccc3c3c(-c4ccccc4)cccc32)ncc1-c1cccc2c1C(C)(C)CCC2(C)C.[Pt+2]. The van der Waals surface area contributed by atoms with Gasteiger partial charge in [-0.3, -0.25) is 0 Å². The van der Waals surface area contributed by atoms with Crippen molar-refractivity contribution < 1.29 is 29.9 Å². The van der Waals surface area contributed by atoms with Crippen LogP contribution in [-0.2, 0) is 31.9 Å². The molecule has 0 saturated heterocycles. The Balaban J connectivity index is 0.00000707. The van der Waals surface area contributed by atoms with E-state index in [-0.39, 0.29) is 37.5 Å². The Hall–Kier alpha value is -9.76. The first-order valence-corrected chi connectivity index (χ1v) is 29.6. The van der Waals surface area contributed by atoms with E-state index >= 15 is 0 Å². The van der Waals surface area contributed by atoms with Crippen LogP contribution in [0.2, 0.25) is 0 Å². The van der Waals surface area contributed by atoms with Gasteiger partial charge >= 0.3 is 27.1 Å². The largest absolute Gasteiger partial charge is 2.00 e. The molecule has 1 aliphatic heterocycles. The van der Waals surface area contributed by atoms with Gasteiger partial charge in [-0.05, 0) is 150 Å². The van der Waals surface area contributed by atoms with Gasteiger partial charge < -0.3 is 9.30 Å².